The van der Waals surface area contributed by atoms with Gasteiger partial charge < -0.3 is 14.4 Å². The summed E-state index contributed by atoms with van der Waals surface area (Å²) in [4.78, 5) is 24.4. The number of hydrogen-bond donors (Lipinski definition) is 0. The fourth-order valence-electron chi connectivity index (χ4n) is 4.73. The van der Waals surface area contributed by atoms with E-state index in [0.717, 1.165) is 43.4 Å². The number of benzene rings is 2. The second-order valence-electron chi connectivity index (χ2n) is 8.97. The van der Waals surface area contributed by atoms with E-state index in [1.54, 1.807) is 35.4 Å². The fraction of sp³-hybridized carbons (Fsp3) is 0.321. The molecular weight excluding hydrogens is 490 g/mol. The minimum atomic E-state index is -0.128. The molecule has 37 heavy (non-hydrogen) atoms. The standard InChI is InChI=1S/C28H29N5O3.ClH/c1-21(31-13-15-32(16-14-31)24-5-4-6-25-27(24)36-18-17-35-25)20-33(26-7-2-3-12-30-26)28(34)23-10-8-22(19-29)9-11-23;/h2-12,21H,13-18,20H2,1H3;1H/t21-;/m0./s1. The van der Waals surface area contributed by atoms with Crippen molar-refractivity contribution < 1.29 is 14.3 Å². The minimum Gasteiger partial charge on any atom is -0.486 e. The van der Waals surface area contributed by atoms with Gasteiger partial charge in [0, 0.05) is 50.5 Å². The van der Waals surface area contributed by atoms with Crippen molar-refractivity contribution in [2.75, 3.05) is 55.7 Å². The molecule has 0 unspecified atom stereocenters. The minimum absolute atomic E-state index is 0. The molecule has 0 aliphatic carbocycles. The highest BCUT2D eigenvalue weighted by atomic mass is 35.5. The highest BCUT2D eigenvalue weighted by molar-refractivity contribution is 6.05. The Morgan fingerprint density at radius 2 is 1.78 bits per heavy atom. The maximum atomic E-state index is 13.5. The third-order valence-electron chi connectivity index (χ3n) is 6.70. The predicted molar refractivity (Wildman–Crippen MR) is 145 cm³/mol. The third-order valence-corrected chi connectivity index (χ3v) is 6.70. The number of pyridine rings is 1. The van der Waals surface area contributed by atoms with Crippen molar-refractivity contribution in [3.8, 4) is 17.6 Å². The van der Waals surface area contributed by atoms with E-state index in [0.29, 0.717) is 36.7 Å². The lowest BCUT2D eigenvalue weighted by Gasteiger charge is -2.41. The van der Waals surface area contributed by atoms with Crippen molar-refractivity contribution >= 4 is 29.8 Å². The largest absolute Gasteiger partial charge is 0.486 e. The zero-order valence-corrected chi connectivity index (χ0v) is 21.6. The van der Waals surface area contributed by atoms with Gasteiger partial charge in [0.1, 0.15) is 19.0 Å². The van der Waals surface area contributed by atoms with Crippen LogP contribution in [0.25, 0.3) is 0 Å². The van der Waals surface area contributed by atoms with Crippen molar-refractivity contribution in [1.29, 1.82) is 5.26 Å². The van der Waals surface area contributed by atoms with Gasteiger partial charge >= 0.3 is 0 Å². The number of carbonyl (C=O) groups excluding carboxylic acids is 1. The van der Waals surface area contributed by atoms with Crippen molar-refractivity contribution in [2.45, 2.75) is 13.0 Å². The average Bonchev–Trinajstić information content (AvgIpc) is 2.95. The summed E-state index contributed by atoms with van der Waals surface area (Å²) >= 11 is 0. The molecule has 0 radical (unpaired) electrons. The van der Waals surface area contributed by atoms with Crippen molar-refractivity contribution in [2.24, 2.45) is 0 Å². The monoisotopic (exact) mass is 519 g/mol. The molecular formula is C28H30ClN5O3. The van der Waals surface area contributed by atoms with E-state index in [1.165, 1.54) is 0 Å². The van der Waals surface area contributed by atoms with Crippen LogP contribution in [0.15, 0.2) is 66.9 Å². The number of carbonyl (C=O) groups is 1. The van der Waals surface area contributed by atoms with E-state index in [1.807, 2.05) is 30.3 Å². The van der Waals surface area contributed by atoms with E-state index in [-0.39, 0.29) is 24.4 Å². The number of nitriles is 1. The van der Waals surface area contributed by atoms with E-state index in [4.69, 9.17) is 14.7 Å². The van der Waals surface area contributed by atoms with Gasteiger partial charge in [-0.1, -0.05) is 12.1 Å². The molecule has 3 heterocycles. The number of nitrogens with zero attached hydrogens (tertiary/aromatic N) is 5. The molecule has 1 atom stereocenters. The van der Waals surface area contributed by atoms with Gasteiger partial charge in [-0.2, -0.15) is 5.26 Å². The first-order valence-corrected chi connectivity index (χ1v) is 12.2. The number of halogens is 1. The smallest absolute Gasteiger partial charge is 0.259 e. The SMILES string of the molecule is C[C@@H](CN(C(=O)c1ccc(C#N)cc1)c1ccccn1)N1CCN(c2cccc3c2OCCO3)CC1.Cl. The van der Waals surface area contributed by atoms with Gasteiger partial charge in [-0.05, 0) is 55.5 Å². The molecule has 1 fully saturated rings. The zero-order valence-electron chi connectivity index (χ0n) is 20.7. The summed E-state index contributed by atoms with van der Waals surface area (Å²) in [6.45, 7) is 7.26. The molecule has 1 saturated heterocycles. The zero-order chi connectivity index (χ0) is 24.9. The quantitative estimate of drug-likeness (QED) is 0.486. The summed E-state index contributed by atoms with van der Waals surface area (Å²) in [7, 11) is 0. The van der Waals surface area contributed by atoms with Gasteiger partial charge in [0.15, 0.2) is 11.5 Å². The highest BCUT2D eigenvalue weighted by Gasteiger charge is 2.28. The first-order valence-electron chi connectivity index (χ1n) is 12.2. The Morgan fingerprint density at radius 1 is 1.03 bits per heavy atom. The van der Waals surface area contributed by atoms with Crippen LogP contribution in [0, 0.1) is 11.3 Å². The van der Waals surface area contributed by atoms with E-state index in [9.17, 15) is 4.79 Å². The van der Waals surface area contributed by atoms with Crippen molar-refractivity contribution in [3.63, 3.8) is 0 Å². The van der Waals surface area contributed by atoms with Gasteiger partial charge in [0.25, 0.3) is 5.91 Å². The molecule has 1 amide bonds. The predicted octanol–water partition coefficient (Wildman–Crippen LogP) is 4.00. The number of piperazine rings is 1. The summed E-state index contributed by atoms with van der Waals surface area (Å²) in [5, 5.41) is 9.09. The summed E-state index contributed by atoms with van der Waals surface area (Å²) in [6.07, 6.45) is 1.70. The molecule has 2 aliphatic heterocycles. The lowest BCUT2D eigenvalue weighted by atomic mass is 10.1. The summed E-state index contributed by atoms with van der Waals surface area (Å²) in [5.74, 6) is 2.13. The lowest BCUT2D eigenvalue weighted by molar-refractivity contribution is 0.0973. The van der Waals surface area contributed by atoms with Crippen molar-refractivity contribution in [1.82, 2.24) is 9.88 Å². The molecule has 192 valence electrons. The molecule has 0 N–H and O–H groups in total. The van der Waals surface area contributed by atoms with Crippen LogP contribution in [0.4, 0.5) is 11.5 Å². The third kappa shape index (κ3) is 5.79. The van der Waals surface area contributed by atoms with E-state index >= 15 is 0 Å². The van der Waals surface area contributed by atoms with Crippen LogP contribution in [0.3, 0.4) is 0 Å². The van der Waals surface area contributed by atoms with Gasteiger partial charge in [-0.15, -0.1) is 12.4 Å². The molecule has 9 heteroatoms. The molecule has 8 nitrogen and oxygen atoms in total. The van der Waals surface area contributed by atoms with Crippen LogP contribution < -0.4 is 19.3 Å². The topological polar surface area (TPSA) is 81.9 Å². The Balaban J connectivity index is 0.00000320. The molecule has 5 rings (SSSR count). The number of hydrogen-bond acceptors (Lipinski definition) is 7. The second-order valence-corrected chi connectivity index (χ2v) is 8.97. The van der Waals surface area contributed by atoms with Gasteiger partial charge in [0.05, 0.1) is 17.3 Å². The number of para-hydroxylation sites is 1. The lowest BCUT2D eigenvalue weighted by Crippen LogP contribution is -2.53. The van der Waals surface area contributed by atoms with Gasteiger partial charge in [-0.25, -0.2) is 4.98 Å². The summed E-state index contributed by atoms with van der Waals surface area (Å²) in [5.41, 5.74) is 2.14. The first kappa shape index (κ1) is 26.3. The molecule has 0 bridgehead atoms. The Labute approximate surface area is 223 Å². The number of rotatable bonds is 6. The van der Waals surface area contributed by atoms with E-state index in [2.05, 4.69) is 33.8 Å². The Bertz CT molecular complexity index is 1240. The average molecular weight is 520 g/mol. The fourth-order valence-corrected chi connectivity index (χ4v) is 4.73. The normalized spacial score (nSPS) is 15.7. The molecule has 2 aromatic carbocycles. The molecule has 3 aromatic rings. The maximum Gasteiger partial charge on any atom is 0.259 e. The molecule has 0 spiro atoms. The summed E-state index contributed by atoms with van der Waals surface area (Å²) in [6, 6.07) is 20.6. The number of fused-ring (bicyclic) bond motifs is 1. The van der Waals surface area contributed by atoms with Crippen LogP contribution in [0.1, 0.15) is 22.8 Å². The highest BCUT2D eigenvalue weighted by Crippen LogP contribution is 2.39. The van der Waals surface area contributed by atoms with E-state index < -0.39 is 0 Å². The first-order chi connectivity index (χ1) is 17.6. The number of ether oxygens (including phenoxy) is 2. The van der Waals surface area contributed by atoms with Gasteiger partial charge in [0.2, 0.25) is 0 Å². The maximum absolute atomic E-state index is 13.5. The number of anilines is 2. The number of aromatic nitrogens is 1. The van der Waals surface area contributed by atoms with Crippen molar-refractivity contribution in [3.05, 3.63) is 78.0 Å². The molecule has 2 aliphatic rings. The van der Waals surface area contributed by atoms with Crippen LogP contribution in [0.2, 0.25) is 0 Å². The number of amides is 1. The van der Waals surface area contributed by atoms with Crippen LogP contribution >= 0.6 is 12.4 Å². The second kappa shape index (κ2) is 12.0. The Morgan fingerprint density at radius 3 is 2.49 bits per heavy atom. The van der Waals surface area contributed by atoms with Gasteiger partial charge in [-0.3, -0.25) is 14.6 Å². The summed E-state index contributed by atoms with van der Waals surface area (Å²) < 4.78 is 11.7. The molecule has 0 saturated carbocycles. The molecule has 1 aromatic heterocycles. The van der Waals surface area contributed by atoms with Crippen LogP contribution in [0.5, 0.6) is 11.5 Å². The van der Waals surface area contributed by atoms with Crippen LogP contribution in [-0.4, -0.2) is 67.8 Å². The Kier molecular flexibility index (Phi) is 8.49. The Hall–Kier alpha value is -3.80. The van der Waals surface area contributed by atoms with Crippen LogP contribution in [-0.2, 0) is 0 Å².